The summed E-state index contributed by atoms with van der Waals surface area (Å²) in [4.78, 5) is 30.3. The lowest BCUT2D eigenvalue weighted by atomic mass is 9.87. The molecule has 0 bridgehead atoms. The van der Waals surface area contributed by atoms with E-state index in [0.29, 0.717) is 12.0 Å². The molecule has 0 saturated carbocycles. The summed E-state index contributed by atoms with van der Waals surface area (Å²) in [5.74, 6) is -0.446. The lowest BCUT2D eigenvalue weighted by Crippen LogP contribution is -2.54. The molecule has 0 radical (unpaired) electrons. The molecule has 6 rings (SSSR count). The van der Waals surface area contributed by atoms with Crippen molar-refractivity contribution < 1.29 is 14.7 Å². The summed E-state index contributed by atoms with van der Waals surface area (Å²) in [7, 11) is 0. The Morgan fingerprint density at radius 2 is 1.69 bits per heavy atom. The Morgan fingerprint density at radius 1 is 1.00 bits per heavy atom. The third kappa shape index (κ3) is 3.21. The van der Waals surface area contributed by atoms with Gasteiger partial charge in [-0.1, -0.05) is 61.5 Å². The van der Waals surface area contributed by atoms with Crippen molar-refractivity contribution in [2.75, 3.05) is 18.0 Å². The molecule has 180 valence electrons. The fourth-order valence-corrected chi connectivity index (χ4v) is 6.78. The van der Waals surface area contributed by atoms with Crippen LogP contribution in [0.5, 0.6) is 0 Å². The third-order valence-corrected chi connectivity index (χ3v) is 8.66. The van der Waals surface area contributed by atoms with Crippen molar-refractivity contribution in [3.05, 3.63) is 77.4 Å². The quantitative estimate of drug-likeness (QED) is 0.591. The Labute approximate surface area is 206 Å². The number of hydrogen-bond acceptors (Lipinski definition) is 4. The highest BCUT2D eigenvalue weighted by molar-refractivity contribution is 6.09. The average Bonchev–Trinajstić information content (AvgIpc) is 3.30. The van der Waals surface area contributed by atoms with Gasteiger partial charge >= 0.3 is 0 Å². The number of anilines is 1. The number of benzene rings is 3. The van der Waals surface area contributed by atoms with E-state index in [9.17, 15) is 14.7 Å². The molecule has 2 unspecified atom stereocenters. The Balaban J connectivity index is 1.26. The van der Waals surface area contributed by atoms with Crippen molar-refractivity contribution in [1.29, 1.82) is 0 Å². The summed E-state index contributed by atoms with van der Waals surface area (Å²) in [6.45, 7) is 5.88. The molecule has 5 nitrogen and oxygen atoms in total. The number of Topliss-reactive ketones (excluding diaryl/α,β-unsaturated/α-hetero) is 1. The molecule has 1 saturated heterocycles. The van der Waals surface area contributed by atoms with E-state index in [1.807, 2.05) is 18.2 Å². The fourth-order valence-electron chi connectivity index (χ4n) is 6.78. The van der Waals surface area contributed by atoms with E-state index in [2.05, 4.69) is 48.2 Å². The zero-order valence-corrected chi connectivity index (χ0v) is 20.5. The summed E-state index contributed by atoms with van der Waals surface area (Å²) >= 11 is 0. The van der Waals surface area contributed by atoms with Gasteiger partial charge in [-0.25, -0.2) is 0 Å². The topological polar surface area (TPSA) is 60.9 Å². The molecule has 35 heavy (non-hydrogen) atoms. The minimum absolute atomic E-state index is 0.00817. The van der Waals surface area contributed by atoms with Gasteiger partial charge in [0.15, 0.2) is 5.60 Å². The van der Waals surface area contributed by atoms with Crippen molar-refractivity contribution in [1.82, 2.24) is 4.90 Å². The van der Waals surface area contributed by atoms with Crippen molar-refractivity contribution in [3.63, 3.8) is 0 Å². The van der Waals surface area contributed by atoms with Crippen LogP contribution < -0.4 is 4.90 Å². The molecule has 1 N–H and O–H groups in total. The molecule has 1 aliphatic carbocycles. The summed E-state index contributed by atoms with van der Waals surface area (Å²) in [5.41, 5.74) is 2.33. The van der Waals surface area contributed by atoms with Gasteiger partial charge in [-0.15, -0.1) is 0 Å². The third-order valence-electron chi connectivity index (χ3n) is 8.66. The van der Waals surface area contributed by atoms with Gasteiger partial charge in [0.1, 0.15) is 5.78 Å². The number of piperidine rings is 1. The van der Waals surface area contributed by atoms with Gasteiger partial charge in [0.2, 0.25) is 0 Å². The SMILES string of the molecule is CCC(=O)CC1(O)C(=O)N(C2CCN(C3(C)Cc4cccc5cccc3c45)CC2)c2ccccc21. The summed E-state index contributed by atoms with van der Waals surface area (Å²) in [6, 6.07) is 20.7. The van der Waals surface area contributed by atoms with Gasteiger partial charge in [-0.3, -0.25) is 14.5 Å². The highest BCUT2D eigenvalue weighted by Crippen LogP contribution is 2.48. The fraction of sp³-hybridized carbons (Fsp3) is 0.400. The predicted octanol–water partition coefficient (Wildman–Crippen LogP) is 4.68. The first kappa shape index (κ1) is 22.4. The van der Waals surface area contributed by atoms with Crippen LogP contribution in [0, 0.1) is 0 Å². The van der Waals surface area contributed by atoms with Crippen LogP contribution in [-0.2, 0) is 27.1 Å². The van der Waals surface area contributed by atoms with Gasteiger partial charge in [-0.2, -0.15) is 0 Å². The zero-order valence-electron chi connectivity index (χ0n) is 20.5. The van der Waals surface area contributed by atoms with E-state index in [4.69, 9.17) is 0 Å². The van der Waals surface area contributed by atoms with Crippen LogP contribution in [0.4, 0.5) is 5.69 Å². The van der Waals surface area contributed by atoms with Crippen LogP contribution in [-0.4, -0.2) is 40.8 Å². The number of rotatable bonds is 5. The van der Waals surface area contributed by atoms with Crippen LogP contribution in [0.2, 0.25) is 0 Å². The van der Waals surface area contributed by atoms with Crippen molar-refractivity contribution in [3.8, 4) is 0 Å². The van der Waals surface area contributed by atoms with E-state index < -0.39 is 5.60 Å². The van der Waals surface area contributed by atoms with Gasteiger partial charge in [0, 0.05) is 43.1 Å². The molecule has 0 aromatic heterocycles. The number of likely N-dealkylation sites (tertiary alicyclic amines) is 1. The van der Waals surface area contributed by atoms with Gasteiger partial charge in [0.25, 0.3) is 5.91 Å². The van der Waals surface area contributed by atoms with Crippen molar-refractivity contribution in [2.45, 2.75) is 63.1 Å². The molecular weight excluding hydrogens is 436 g/mol. The lowest BCUT2D eigenvalue weighted by molar-refractivity contribution is -0.142. The Kier molecular flexibility index (Phi) is 5.13. The highest BCUT2D eigenvalue weighted by Gasteiger charge is 2.53. The van der Waals surface area contributed by atoms with Crippen molar-refractivity contribution in [2.24, 2.45) is 0 Å². The maximum atomic E-state index is 13.6. The lowest BCUT2D eigenvalue weighted by Gasteiger charge is -2.45. The second-order valence-electron chi connectivity index (χ2n) is 10.6. The Hall–Kier alpha value is -3.02. The smallest absolute Gasteiger partial charge is 0.264 e. The number of hydrogen-bond donors (Lipinski definition) is 1. The molecule has 2 aliphatic heterocycles. The van der Waals surface area contributed by atoms with Crippen LogP contribution in [0.15, 0.2) is 60.7 Å². The number of nitrogens with zero attached hydrogens (tertiary/aromatic N) is 2. The molecule has 2 atom stereocenters. The van der Waals surface area contributed by atoms with E-state index in [0.717, 1.165) is 38.0 Å². The number of fused-ring (bicyclic) bond motifs is 1. The van der Waals surface area contributed by atoms with Crippen LogP contribution in [0.1, 0.15) is 56.2 Å². The number of carbonyl (C=O) groups is 2. The number of aliphatic hydroxyl groups is 1. The van der Waals surface area contributed by atoms with Crippen molar-refractivity contribution >= 4 is 28.2 Å². The summed E-state index contributed by atoms with van der Waals surface area (Å²) < 4.78 is 0. The number of para-hydroxylation sites is 1. The molecule has 3 aromatic carbocycles. The molecule has 5 heteroatoms. The molecule has 1 amide bonds. The summed E-state index contributed by atoms with van der Waals surface area (Å²) in [6.07, 6.45) is 2.82. The molecule has 3 aliphatic rings. The first-order valence-corrected chi connectivity index (χ1v) is 12.8. The van der Waals surface area contributed by atoms with E-state index in [1.165, 1.54) is 21.9 Å². The first-order chi connectivity index (χ1) is 16.9. The molecule has 1 fully saturated rings. The Bertz CT molecular complexity index is 1340. The Morgan fingerprint density at radius 3 is 2.43 bits per heavy atom. The maximum Gasteiger partial charge on any atom is 0.264 e. The standard InChI is InChI=1S/C30H32N2O3/c1-3-23(33)19-30(35)24-11-4-5-13-26(24)32(28(30)34)22-14-16-31(17-15-22)29(2)18-21-10-6-8-20-9-7-12-25(29)27(20)21/h4-13,22,35H,3,14-19H2,1-2H3. The normalized spacial score (nSPS) is 26.5. The van der Waals surface area contributed by atoms with Gasteiger partial charge < -0.3 is 10.0 Å². The largest absolute Gasteiger partial charge is 0.375 e. The zero-order chi connectivity index (χ0) is 24.4. The van der Waals surface area contributed by atoms with E-state index in [1.54, 1.807) is 17.9 Å². The minimum atomic E-state index is -1.75. The summed E-state index contributed by atoms with van der Waals surface area (Å²) in [5, 5.41) is 14.1. The maximum absolute atomic E-state index is 13.6. The monoisotopic (exact) mass is 468 g/mol. The van der Waals surface area contributed by atoms with Gasteiger partial charge in [-0.05, 0) is 54.2 Å². The van der Waals surface area contributed by atoms with Crippen LogP contribution in [0.3, 0.4) is 0 Å². The van der Waals surface area contributed by atoms with Gasteiger partial charge in [0.05, 0.1) is 5.69 Å². The highest BCUT2D eigenvalue weighted by atomic mass is 16.3. The number of ketones is 1. The predicted molar refractivity (Wildman–Crippen MR) is 137 cm³/mol. The first-order valence-electron chi connectivity index (χ1n) is 12.8. The second kappa shape index (κ2) is 8.00. The molecule has 0 spiro atoms. The van der Waals surface area contributed by atoms with Crippen LogP contribution in [0.25, 0.3) is 10.8 Å². The number of amides is 1. The molecule has 3 aromatic rings. The minimum Gasteiger partial charge on any atom is -0.375 e. The number of carbonyl (C=O) groups excluding carboxylic acids is 2. The molecular formula is C30H32N2O3. The van der Waals surface area contributed by atoms with Crippen LogP contribution >= 0.6 is 0 Å². The van der Waals surface area contributed by atoms with E-state index in [-0.39, 0.29) is 29.7 Å². The molecule has 2 heterocycles. The average molecular weight is 469 g/mol. The van der Waals surface area contributed by atoms with E-state index >= 15 is 0 Å². The second-order valence-corrected chi connectivity index (χ2v) is 10.6.